The maximum absolute atomic E-state index is 13.1. The first-order valence-corrected chi connectivity index (χ1v) is 14.5. The van der Waals surface area contributed by atoms with Gasteiger partial charge in [-0.05, 0) is 62.7 Å². The Morgan fingerprint density at radius 3 is 2.45 bits per heavy atom. The van der Waals surface area contributed by atoms with E-state index >= 15 is 0 Å². The van der Waals surface area contributed by atoms with Crippen LogP contribution in [0.3, 0.4) is 0 Å². The molecule has 0 aliphatic carbocycles. The quantitative estimate of drug-likeness (QED) is 0.374. The Morgan fingerprint density at radius 2 is 1.77 bits per heavy atom. The Labute approximate surface area is 250 Å². The zero-order valence-corrected chi connectivity index (χ0v) is 25.0. The van der Waals surface area contributed by atoms with Gasteiger partial charge in [-0.15, -0.1) is 5.10 Å². The first-order valence-electron chi connectivity index (χ1n) is 12.9. The van der Waals surface area contributed by atoms with Crippen molar-refractivity contribution in [3.63, 3.8) is 0 Å². The second-order valence-corrected chi connectivity index (χ2v) is 11.9. The van der Waals surface area contributed by atoms with E-state index in [1.165, 1.54) is 0 Å². The fourth-order valence-electron chi connectivity index (χ4n) is 5.20. The molecular formula is C27H28BrCl2N7O3. The van der Waals surface area contributed by atoms with Crippen LogP contribution in [0.25, 0.3) is 5.69 Å². The number of carbonyl (C=O) groups is 3. The molecule has 3 aromatic rings. The second-order valence-electron chi connectivity index (χ2n) is 10.1. The molecule has 13 heteroatoms. The number of nitrogens with one attached hydrogen (secondary N) is 1. The molecule has 2 saturated heterocycles. The van der Waals surface area contributed by atoms with Crippen molar-refractivity contribution >= 4 is 62.7 Å². The smallest absolute Gasteiger partial charge is 0.329 e. The number of halogens is 3. The van der Waals surface area contributed by atoms with E-state index in [9.17, 15) is 14.4 Å². The van der Waals surface area contributed by atoms with Crippen molar-refractivity contribution in [3.05, 3.63) is 68.9 Å². The van der Waals surface area contributed by atoms with Gasteiger partial charge in [-0.3, -0.25) is 14.5 Å². The van der Waals surface area contributed by atoms with Crippen LogP contribution in [0.1, 0.15) is 32.4 Å². The summed E-state index contributed by atoms with van der Waals surface area (Å²) in [6.45, 7) is 5.85. The molecule has 3 atom stereocenters. The number of piperazine rings is 1. The van der Waals surface area contributed by atoms with Gasteiger partial charge in [-0.25, -0.2) is 14.4 Å². The third kappa shape index (κ3) is 6.02. The van der Waals surface area contributed by atoms with E-state index in [0.717, 1.165) is 20.8 Å². The third-order valence-corrected chi connectivity index (χ3v) is 8.30. The Morgan fingerprint density at radius 1 is 1.07 bits per heavy atom. The zero-order chi connectivity index (χ0) is 28.6. The molecule has 2 fully saturated rings. The van der Waals surface area contributed by atoms with Crippen LogP contribution in [-0.4, -0.2) is 73.9 Å². The molecule has 0 spiro atoms. The van der Waals surface area contributed by atoms with Crippen LogP contribution in [0, 0.1) is 0 Å². The van der Waals surface area contributed by atoms with Gasteiger partial charge < -0.3 is 10.2 Å². The average Bonchev–Trinajstić information content (AvgIpc) is 3.48. The highest BCUT2D eigenvalue weighted by Crippen LogP contribution is 2.26. The van der Waals surface area contributed by atoms with Crippen molar-refractivity contribution in [2.75, 3.05) is 18.0 Å². The number of benzene rings is 2. The number of rotatable bonds is 7. The van der Waals surface area contributed by atoms with E-state index < -0.39 is 12.1 Å². The topological polar surface area (TPSA) is 104 Å². The molecular weight excluding hydrogens is 621 g/mol. The maximum atomic E-state index is 13.1. The van der Waals surface area contributed by atoms with E-state index in [-0.39, 0.29) is 36.7 Å². The summed E-state index contributed by atoms with van der Waals surface area (Å²) in [4.78, 5) is 43.7. The van der Waals surface area contributed by atoms with Crippen LogP contribution in [0.15, 0.2) is 53.1 Å². The molecule has 1 aromatic heterocycles. The lowest BCUT2D eigenvalue weighted by atomic mass is 10.1. The summed E-state index contributed by atoms with van der Waals surface area (Å²) in [6.07, 6.45) is 2.26. The first-order chi connectivity index (χ1) is 19.1. The molecule has 5 rings (SSSR count). The number of nitrogens with zero attached hydrogens (tertiary/aromatic N) is 6. The summed E-state index contributed by atoms with van der Waals surface area (Å²) in [5, 5.41) is 12.4. The predicted molar refractivity (Wildman–Crippen MR) is 156 cm³/mol. The minimum Gasteiger partial charge on any atom is -0.340 e. The molecule has 0 saturated carbocycles. The van der Waals surface area contributed by atoms with Crippen LogP contribution >= 0.6 is 39.1 Å². The van der Waals surface area contributed by atoms with Crippen molar-refractivity contribution in [2.24, 2.45) is 0 Å². The molecule has 2 aromatic carbocycles. The standard InChI is InChI=1S/C27H28BrCl2N7O3/c1-16-12-34(25(38)10-8-23-26(39)37(27(40)31-23)21-6-4-19(29)5-7-21)13-17(2)35(16)14-20-15-36(33-32-20)24-9-3-18(28)11-22(24)30/h3-7,9,11,15-17,23H,8,10,12-14H2,1-2H3,(H,31,40)/t16-,17+,23?. The van der Waals surface area contributed by atoms with Crippen LogP contribution in [0.5, 0.6) is 0 Å². The Bertz CT molecular complexity index is 1420. The molecule has 210 valence electrons. The number of urea groups is 1. The van der Waals surface area contributed by atoms with Gasteiger partial charge in [0.05, 0.1) is 28.3 Å². The fourth-order valence-corrected chi connectivity index (χ4v) is 6.09. The number of imide groups is 1. The van der Waals surface area contributed by atoms with Crippen molar-refractivity contribution in [1.82, 2.24) is 30.1 Å². The Kier molecular flexibility index (Phi) is 8.46. The Hall–Kier alpha value is -2.99. The van der Waals surface area contributed by atoms with Gasteiger partial charge in [0.1, 0.15) is 6.04 Å². The molecule has 1 unspecified atom stereocenters. The van der Waals surface area contributed by atoms with Gasteiger partial charge in [-0.2, -0.15) is 0 Å². The van der Waals surface area contributed by atoms with Gasteiger partial charge in [0.15, 0.2) is 0 Å². The molecule has 0 bridgehead atoms. The molecule has 0 radical (unpaired) electrons. The SMILES string of the molecule is C[C@@H]1CN(C(=O)CCC2NC(=O)N(c3ccc(Cl)cc3)C2=O)C[C@H](C)N1Cc1cn(-c2ccc(Br)cc2Cl)nn1. The van der Waals surface area contributed by atoms with E-state index in [4.69, 9.17) is 23.2 Å². The molecule has 4 amide bonds. The predicted octanol–water partition coefficient (Wildman–Crippen LogP) is 4.66. The molecule has 2 aliphatic heterocycles. The van der Waals surface area contributed by atoms with E-state index in [2.05, 4.69) is 50.3 Å². The average molecular weight is 649 g/mol. The summed E-state index contributed by atoms with van der Waals surface area (Å²) >= 11 is 15.7. The highest BCUT2D eigenvalue weighted by molar-refractivity contribution is 9.10. The highest BCUT2D eigenvalue weighted by Gasteiger charge is 2.40. The summed E-state index contributed by atoms with van der Waals surface area (Å²) in [5.41, 5.74) is 1.99. The van der Waals surface area contributed by atoms with E-state index in [1.54, 1.807) is 28.9 Å². The van der Waals surface area contributed by atoms with Crippen molar-refractivity contribution in [2.45, 2.75) is 51.4 Å². The van der Waals surface area contributed by atoms with E-state index in [0.29, 0.717) is 35.4 Å². The molecule has 2 aliphatic rings. The van der Waals surface area contributed by atoms with Gasteiger partial charge >= 0.3 is 6.03 Å². The molecule has 40 heavy (non-hydrogen) atoms. The van der Waals surface area contributed by atoms with Crippen molar-refractivity contribution in [1.29, 1.82) is 0 Å². The van der Waals surface area contributed by atoms with Crippen LogP contribution in [-0.2, 0) is 16.1 Å². The van der Waals surface area contributed by atoms with Gasteiger partial charge in [0.2, 0.25) is 5.91 Å². The lowest BCUT2D eigenvalue weighted by Gasteiger charge is -2.44. The number of hydrogen-bond acceptors (Lipinski definition) is 6. The number of hydrogen-bond donors (Lipinski definition) is 1. The summed E-state index contributed by atoms with van der Waals surface area (Å²) in [6, 6.07) is 11.0. The zero-order valence-electron chi connectivity index (χ0n) is 21.9. The maximum Gasteiger partial charge on any atom is 0.329 e. The van der Waals surface area contributed by atoms with Crippen LogP contribution in [0.4, 0.5) is 10.5 Å². The summed E-state index contributed by atoms with van der Waals surface area (Å²) < 4.78 is 2.55. The van der Waals surface area contributed by atoms with Crippen LogP contribution in [0.2, 0.25) is 10.0 Å². The number of anilines is 1. The fraction of sp³-hybridized carbons (Fsp3) is 0.370. The summed E-state index contributed by atoms with van der Waals surface area (Å²) in [5.74, 6) is -0.412. The minimum atomic E-state index is -0.745. The van der Waals surface area contributed by atoms with Gasteiger partial charge in [0, 0.05) is 47.6 Å². The number of carbonyl (C=O) groups excluding carboxylic acids is 3. The normalized spacial score (nSPS) is 21.7. The first kappa shape index (κ1) is 28.5. The number of amides is 4. The lowest BCUT2D eigenvalue weighted by Crippen LogP contribution is -2.57. The largest absolute Gasteiger partial charge is 0.340 e. The van der Waals surface area contributed by atoms with Gasteiger partial charge in [0.25, 0.3) is 5.91 Å². The van der Waals surface area contributed by atoms with E-state index in [1.807, 2.05) is 29.3 Å². The van der Waals surface area contributed by atoms with Crippen molar-refractivity contribution < 1.29 is 14.4 Å². The third-order valence-electron chi connectivity index (χ3n) is 7.25. The minimum absolute atomic E-state index is 0.0406. The van der Waals surface area contributed by atoms with Crippen molar-refractivity contribution in [3.8, 4) is 5.69 Å². The molecule has 1 N–H and O–H groups in total. The van der Waals surface area contributed by atoms with Crippen LogP contribution < -0.4 is 10.2 Å². The Balaban J connectivity index is 1.15. The monoisotopic (exact) mass is 647 g/mol. The lowest BCUT2D eigenvalue weighted by molar-refractivity contribution is -0.136. The number of aromatic nitrogens is 3. The highest BCUT2D eigenvalue weighted by atomic mass is 79.9. The van der Waals surface area contributed by atoms with Gasteiger partial charge in [-0.1, -0.05) is 44.3 Å². The molecule has 10 nitrogen and oxygen atoms in total. The second kappa shape index (κ2) is 11.9. The molecule has 3 heterocycles. The summed E-state index contributed by atoms with van der Waals surface area (Å²) in [7, 11) is 0.